The van der Waals surface area contributed by atoms with Crippen LogP contribution in [0.4, 0.5) is 8.78 Å². The molecule has 2 fully saturated rings. The summed E-state index contributed by atoms with van der Waals surface area (Å²) < 4.78 is 32.4. The minimum Gasteiger partial charge on any atom is -0.372 e. The normalized spacial score (nSPS) is 32.0. The lowest BCUT2D eigenvalue weighted by Crippen LogP contribution is -2.32. The van der Waals surface area contributed by atoms with Crippen LogP contribution in [0, 0.1) is 17.6 Å². The van der Waals surface area contributed by atoms with E-state index in [1.807, 2.05) is 0 Å². The second-order valence-corrected chi connectivity index (χ2v) is 5.19. The van der Waals surface area contributed by atoms with Crippen molar-refractivity contribution >= 4 is 0 Å². The Hall–Kier alpha value is -1.00. The van der Waals surface area contributed by atoms with Crippen LogP contribution in [0.2, 0.25) is 0 Å². The summed E-state index contributed by atoms with van der Waals surface area (Å²) in [6.07, 6.45) is 3.28. The third-order valence-corrected chi connectivity index (χ3v) is 4.05. The van der Waals surface area contributed by atoms with E-state index in [2.05, 4.69) is 5.32 Å². The summed E-state index contributed by atoms with van der Waals surface area (Å²) in [5.74, 6) is -0.526. The topological polar surface area (TPSA) is 21.3 Å². The Morgan fingerprint density at radius 2 is 2.11 bits per heavy atom. The molecule has 1 aromatic carbocycles. The first-order valence-corrected chi connectivity index (χ1v) is 6.54. The zero-order valence-electron chi connectivity index (χ0n) is 10.2. The molecule has 2 aliphatic rings. The van der Waals surface area contributed by atoms with Gasteiger partial charge in [0.05, 0.1) is 12.7 Å². The molecule has 1 saturated carbocycles. The summed E-state index contributed by atoms with van der Waals surface area (Å²) in [6, 6.07) is 4.19. The fourth-order valence-corrected chi connectivity index (χ4v) is 3.02. The van der Waals surface area contributed by atoms with E-state index in [0.29, 0.717) is 30.7 Å². The maximum Gasteiger partial charge on any atom is 0.131 e. The van der Waals surface area contributed by atoms with Crippen LogP contribution >= 0.6 is 0 Å². The van der Waals surface area contributed by atoms with Crippen LogP contribution in [0.1, 0.15) is 30.9 Å². The highest BCUT2D eigenvalue weighted by Gasteiger charge is 2.32. The van der Waals surface area contributed by atoms with Gasteiger partial charge in [0.25, 0.3) is 0 Å². The van der Waals surface area contributed by atoms with Crippen LogP contribution in [0.3, 0.4) is 0 Å². The molecule has 0 bridgehead atoms. The highest BCUT2D eigenvalue weighted by molar-refractivity contribution is 5.21. The Morgan fingerprint density at radius 1 is 1.22 bits per heavy atom. The molecule has 1 aromatic rings. The average Bonchev–Trinajstić information content (AvgIpc) is 2.70. The van der Waals surface area contributed by atoms with Crippen molar-refractivity contribution in [3.8, 4) is 0 Å². The molecule has 0 spiro atoms. The molecule has 4 heteroatoms. The summed E-state index contributed by atoms with van der Waals surface area (Å²) in [7, 11) is 0. The minimum atomic E-state index is -0.547. The van der Waals surface area contributed by atoms with Gasteiger partial charge in [0, 0.05) is 24.2 Å². The van der Waals surface area contributed by atoms with E-state index in [4.69, 9.17) is 4.74 Å². The Morgan fingerprint density at radius 3 is 2.94 bits per heavy atom. The van der Waals surface area contributed by atoms with E-state index in [1.54, 1.807) is 0 Å². The largest absolute Gasteiger partial charge is 0.372 e. The lowest BCUT2D eigenvalue weighted by Gasteiger charge is -2.17. The van der Waals surface area contributed by atoms with Crippen molar-refractivity contribution in [1.82, 2.24) is 5.32 Å². The molecule has 98 valence electrons. The third kappa shape index (κ3) is 2.27. The first-order valence-electron chi connectivity index (χ1n) is 6.54. The predicted molar refractivity (Wildman–Crippen MR) is 64.2 cm³/mol. The number of benzene rings is 1. The molecule has 1 aliphatic carbocycles. The quantitative estimate of drug-likeness (QED) is 0.831. The van der Waals surface area contributed by atoms with E-state index in [9.17, 15) is 8.78 Å². The maximum absolute atomic E-state index is 13.7. The van der Waals surface area contributed by atoms with Crippen molar-refractivity contribution in [2.75, 3.05) is 13.2 Å². The van der Waals surface area contributed by atoms with Gasteiger partial charge in [-0.05, 0) is 24.8 Å². The number of hydrogen-bond acceptors (Lipinski definition) is 2. The van der Waals surface area contributed by atoms with Crippen molar-refractivity contribution in [2.45, 2.75) is 31.4 Å². The zero-order chi connectivity index (χ0) is 12.5. The molecule has 2 nitrogen and oxygen atoms in total. The van der Waals surface area contributed by atoms with Crippen molar-refractivity contribution in [2.24, 2.45) is 5.92 Å². The SMILES string of the molecule is Fc1ccc(C2CNC3CCCC3CO2)c(F)c1. The average molecular weight is 253 g/mol. The van der Waals surface area contributed by atoms with Gasteiger partial charge in [0.2, 0.25) is 0 Å². The van der Waals surface area contributed by atoms with E-state index in [1.165, 1.54) is 31.4 Å². The van der Waals surface area contributed by atoms with E-state index >= 15 is 0 Å². The molecular formula is C14H17F2NO. The van der Waals surface area contributed by atoms with Crippen molar-refractivity contribution in [3.05, 3.63) is 35.4 Å². The lowest BCUT2D eigenvalue weighted by atomic mass is 10.1. The number of fused-ring (bicyclic) bond motifs is 1. The molecular weight excluding hydrogens is 236 g/mol. The van der Waals surface area contributed by atoms with Crippen molar-refractivity contribution < 1.29 is 13.5 Å². The van der Waals surface area contributed by atoms with E-state index in [0.717, 1.165) is 6.07 Å². The molecule has 1 heterocycles. The molecule has 0 radical (unpaired) electrons. The molecule has 1 saturated heterocycles. The van der Waals surface area contributed by atoms with Gasteiger partial charge >= 0.3 is 0 Å². The fourth-order valence-electron chi connectivity index (χ4n) is 3.02. The van der Waals surface area contributed by atoms with Crippen LogP contribution in [-0.2, 0) is 4.74 Å². The Balaban J connectivity index is 1.76. The van der Waals surface area contributed by atoms with Gasteiger partial charge in [-0.2, -0.15) is 0 Å². The monoisotopic (exact) mass is 253 g/mol. The van der Waals surface area contributed by atoms with Gasteiger partial charge in [-0.3, -0.25) is 0 Å². The zero-order valence-corrected chi connectivity index (χ0v) is 10.2. The molecule has 3 rings (SSSR count). The Labute approximate surface area is 105 Å². The Bertz CT molecular complexity index is 424. The highest BCUT2D eigenvalue weighted by Crippen LogP contribution is 2.31. The van der Waals surface area contributed by atoms with Gasteiger partial charge in [0.1, 0.15) is 11.6 Å². The van der Waals surface area contributed by atoms with Gasteiger partial charge in [-0.15, -0.1) is 0 Å². The molecule has 0 aromatic heterocycles. The van der Waals surface area contributed by atoms with Gasteiger partial charge in [0.15, 0.2) is 0 Å². The molecule has 1 aliphatic heterocycles. The second-order valence-electron chi connectivity index (χ2n) is 5.19. The van der Waals surface area contributed by atoms with Gasteiger partial charge in [-0.25, -0.2) is 8.78 Å². The van der Waals surface area contributed by atoms with Crippen LogP contribution in [-0.4, -0.2) is 19.2 Å². The second kappa shape index (κ2) is 4.94. The standard InChI is InChI=1S/C14H17F2NO/c15-10-4-5-11(12(16)6-10)14-7-17-13-3-1-2-9(13)8-18-14/h4-6,9,13-14,17H,1-3,7-8H2. The number of halogens is 2. The highest BCUT2D eigenvalue weighted by atomic mass is 19.1. The smallest absolute Gasteiger partial charge is 0.131 e. The van der Waals surface area contributed by atoms with Gasteiger partial charge < -0.3 is 10.1 Å². The first kappa shape index (κ1) is 12.1. The van der Waals surface area contributed by atoms with Crippen LogP contribution in [0.5, 0.6) is 0 Å². The maximum atomic E-state index is 13.7. The van der Waals surface area contributed by atoms with Crippen LogP contribution in [0.15, 0.2) is 18.2 Å². The number of hydrogen-bond donors (Lipinski definition) is 1. The van der Waals surface area contributed by atoms with Crippen LogP contribution < -0.4 is 5.32 Å². The number of rotatable bonds is 1. The molecule has 0 amide bonds. The van der Waals surface area contributed by atoms with Crippen molar-refractivity contribution in [3.63, 3.8) is 0 Å². The first-order chi connectivity index (χ1) is 8.74. The molecule has 18 heavy (non-hydrogen) atoms. The number of ether oxygens (including phenoxy) is 1. The van der Waals surface area contributed by atoms with E-state index < -0.39 is 11.6 Å². The Kier molecular flexibility index (Phi) is 3.31. The molecule has 3 atom stereocenters. The minimum absolute atomic E-state index is 0.309. The van der Waals surface area contributed by atoms with Gasteiger partial charge in [-0.1, -0.05) is 12.5 Å². The number of nitrogens with one attached hydrogen (secondary N) is 1. The fraction of sp³-hybridized carbons (Fsp3) is 0.571. The summed E-state index contributed by atoms with van der Waals surface area (Å²) >= 11 is 0. The van der Waals surface area contributed by atoms with E-state index in [-0.39, 0.29) is 6.10 Å². The van der Waals surface area contributed by atoms with Crippen molar-refractivity contribution in [1.29, 1.82) is 0 Å². The van der Waals surface area contributed by atoms with Crippen LogP contribution in [0.25, 0.3) is 0 Å². The lowest BCUT2D eigenvalue weighted by molar-refractivity contribution is 0.0451. The summed E-state index contributed by atoms with van der Waals surface area (Å²) in [5.41, 5.74) is 0.448. The molecule has 1 N–H and O–H groups in total. The third-order valence-electron chi connectivity index (χ3n) is 4.05. The summed E-state index contributed by atoms with van der Waals surface area (Å²) in [4.78, 5) is 0. The summed E-state index contributed by atoms with van der Waals surface area (Å²) in [6.45, 7) is 1.27. The predicted octanol–water partition coefficient (Wildman–Crippen LogP) is 2.79. The summed E-state index contributed by atoms with van der Waals surface area (Å²) in [5, 5.41) is 3.45. The molecule has 3 unspecified atom stereocenters.